The highest BCUT2D eigenvalue weighted by atomic mass is 32.1. The van der Waals surface area contributed by atoms with Crippen LogP contribution < -0.4 is 0 Å². The molecule has 0 saturated heterocycles. The van der Waals surface area contributed by atoms with Gasteiger partial charge in [0.15, 0.2) is 0 Å². The number of hydrogen-bond donors (Lipinski definition) is 0. The van der Waals surface area contributed by atoms with E-state index in [0.717, 1.165) is 0 Å². The maximum absolute atomic E-state index is 11.8. The lowest BCUT2D eigenvalue weighted by Crippen LogP contribution is -2.28. The van der Waals surface area contributed by atoms with Gasteiger partial charge >= 0.3 is 11.6 Å². The van der Waals surface area contributed by atoms with Crippen LogP contribution in [0.5, 0.6) is 0 Å². The summed E-state index contributed by atoms with van der Waals surface area (Å²) in [6.45, 7) is 0. The van der Waals surface area contributed by atoms with Crippen LogP contribution in [0.4, 0.5) is 0 Å². The summed E-state index contributed by atoms with van der Waals surface area (Å²) in [6.07, 6.45) is 0. The third-order valence-corrected chi connectivity index (χ3v) is 3.97. The van der Waals surface area contributed by atoms with Crippen LogP contribution in [0.15, 0.2) is 35.0 Å². The first-order chi connectivity index (χ1) is 8.72. The monoisotopic (exact) mass is 274 g/mol. The van der Waals surface area contributed by atoms with Crippen LogP contribution in [0.3, 0.4) is 0 Å². The van der Waals surface area contributed by atoms with Crippen LogP contribution in [0.2, 0.25) is 0 Å². The van der Waals surface area contributed by atoms with Crippen molar-refractivity contribution in [2.75, 3.05) is 0 Å². The molecule has 4 nitrogen and oxygen atoms in total. The van der Waals surface area contributed by atoms with Gasteiger partial charge in [-0.05, 0) is 22.9 Å². The molecule has 0 aliphatic rings. The predicted molar refractivity (Wildman–Crippen MR) is 67.0 cm³/mol. The van der Waals surface area contributed by atoms with Gasteiger partial charge < -0.3 is 4.74 Å². The highest BCUT2D eigenvalue weighted by Gasteiger charge is 2.38. The number of carbonyl (C=O) groups excluding carboxylic acids is 1. The first-order valence-corrected chi connectivity index (χ1v) is 6.61. The van der Waals surface area contributed by atoms with E-state index in [2.05, 4.69) is 0 Å². The third-order valence-electron chi connectivity index (χ3n) is 2.15. The summed E-state index contributed by atoms with van der Waals surface area (Å²) < 4.78 is 5.08. The highest BCUT2D eigenvalue weighted by Crippen LogP contribution is 2.30. The second-order valence-electron chi connectivity index (χ2n) is 3.25. The summed E-state index contributed by atoms with van der Waals surface area (Å²) >= 11 is 2.40. The summed E-state index contributed by atoms with van der Waals surface area (Å²) in [4.78, 5) is 12.6. The second kappa shape index (κ2) is 5.01. The number of nitriles is 2. The van der Waals surface area contributed by atoms with Crippen molar-refractivity contribution in [3.63, 3.8) is 0 Å². The Balaban J connectivity index is 2.32. The first-order valence-electron chi connectivity index (χ1n) is 4.85. The summed E-state index contributed by atoms with van der Waals surface area (Å²) in [6, 6.07) is 10.1. The minimum atomic E-state index is -1.87. The Kier molecular flexibility index (Phi) is 3.42. The zero-order chi connectivity index (χ0) is 13.0. The number of rotatable bonds is 3. The minimum Gasteiger partial charge on any atom is -0.420 e. The molecule has 0 saturated carbocycles. The van der Waals surface area contributed by atoms with Crippen molar-refractivity contribution in [1.29, 1.82) is 10.5 Å². The molecule has 0 atom stereocenters. The van der Waals surface area contributed by atoms with Gasteiger partial charge in [-0.2, -0.15) is 10.5 Å². The van der Waals surface area contributed by atoms with E-state index in [-0.39, 0.29) is 0 Å². The second-order valence-corrected chi connectivity index (χ2v) is 5.14. The molecule has 88 valence electrons. The van der Waals surface area contributed by atoms with E-state index in [1.807, 2.05) is 0 Å². The van der Waals surface area contributed by atoms with Crippen molar-refractivity contribution in [2.45, 2.75) is 5.60 Å². The largest absolute Gasteiger partial charge is 0.420 e. The fourth-order valence-corrected chi connectivity index (χ4v) is 2.65. The molecular formula is C12H6N2O2S2. The standard InChI is InChI=1S/C12H6N2O2S2/c13-7-12(8-14,10-4-2-6-18-10)16-11(15)9-3-1-5-17-9/h1-6H. The van der Waals surface area contributed by atoms with E-state index >= 15 is 0 Å². The Bertz CT molecular complexity index is 604. The fourth-order valence-electron chi connectivity index (χ4n) is 1.29. The summed E-state index contributed by atoms with van der Waals surface area (Å²) in [5.74, 6) is -0.665. The molecule has 0 bridgehead atoms. The minimum absolute atomic E-state index is 0.362. The molecule has 6 heteroatoms. The molecule has 2 heterocycles. The molecule has 0 aliphatic heterocycles. The Hall–Kier alpha value is -2.15. The van der Waals surface area contributed by atoms with Crippen LogP contribution in [0.25, 0.3) is 0 Å². The van der Waals surface area contributed by atoms with Crippen LogP contribution in [0, 0.1) is 22.7 Å². The SMILES string of the molecule is N#CC(C#N)(OC(=O)c1cccs1)c1cccs1. The third kappa shape index (κ3) is 2.12. The molecule has 0 amide bonds. The van der Waals surface area contributed by atoms with Crippen LogP contribution >= 0.6 is 22.7 Å². The molecule has 0 N–H and O–H groups in total. The zero-order valence-electron chi connectivity index (χ0n) is 8.99. The number of nitrogens with zero attached hydrogens (tertiary/aromatic N) is 2. The quantitative estimate of drug-likeness (QED) is 0.806. The van der Waals surface area contributed by atoms with Crippen molar-refractivity contribution in [3.05, 3.63) is 44.8 Å². The van der Waals surface area contributed by atoms with E-state index in [1.54, 1.807) is 47.2 Å². The molecule has 0 fully saturated rings. The van der Waals surface area contributed by atoms with Gasteiger partial charge in [0.2, 0.25) is 0 Å². The normalized spacial score (nSPS) is 10.3. The number of thiophene rings is 2. The molecule has 0 unspecified atom stereocenters. The fraction of sp³-hybridized carbons (Fsp3) is 0.0833. The smallest absolute Gasteiger partial charge is 0.350 e. The highest BCUT2D eigenvalue weighted by molar-refractivity contribution is 7.12. The van der Waals surface area contributed by atoms with Gasteiger partial charge in [-0.3, -0.25) is 0 Å². The summed E-state index contributed by atoms with van der Waals surface area (Å²) in [5, 5.41) is 21.8. The summed E-state index contributed by atoms with van der Waals surface area (Å²) in [7, 11) is 0. The molecule has 0 aromatic carbocycles. The lowest BCUT2D eigenvalue weighted by Gasteiger charge is -2.16. The maximum atomic E-state index is 11.8. The molecule has 0 radical (unpaired) electrons. The maximum Gasteiger partial charge on any atom is 0.350 e. The Morgan fingerprint density at radius 2 is 1.83 bits per heavy atom. The Labute approximate surface area is 111 Å². The average molecular weight is 274 g/mol. The lowest BCUT2D eigenvalue weighted by molar-refractivity contribution is 0.0253. The number of ether oxygens (including phenoxy) is 1. The van der Waals surface area contributed by atoms with Gasteiger partial charge in [-0.25, -0.2) is 4.79 Å². The number of esters is 1. The molecule has 0 spiro atoms. The number of carbonyl (C=O) groups is 1. The predicted octanol–water partition coefficient (Wildman–Crippen LogP) is 2.91. The van der Waals surface area contributed by atoms with Crippen LogP contribution in [-0.2, 0) is 10.3 Å². The molecule has 0 aliphatic carbocycles. The van der Waals surface area contributed by atoms with E-state index in [9.17, 15) is 4.79 Å². The van der Waals surface area contributed by atoms with Crippen molar-refractivity contribution < 1.29 is 9.53 Å². The molecule has 2 aromatic rings. The molecule has 18 heavy (non-hydrogen) atoms. The van der Waals surface area contributed by atoms with Crippen molar-refractivity contribution in [1.82, 2.24) is 0 Å². The van der Waals surface area contributed by atoms with Gasteiger partial charge in [0.1, 0.15) is 17.0 Å². The number of hydrogen-bond acceptors (Lipinski definition) is 6. The van der Waals surface area contributed by atoms with Crippen LogP contribution in [0.1, 0.15) is 14.5 Å². The van der Waals surface area contributed by atoms with Gasteiger partial charge in [0, 0.05) is 0 Å². The molecular weight excluding hydrogens is 268 g/mol. The van der Waals surface area contributed by atoms with E-state index in [0.29, 0.717) is 9.75 Å². The van der Waals surface area contributed by atoms with Gasteiger partial charge in [-0.1, -0.05) is 12.1 Å². The van der Waals surface area contributed by atoms with Crippen molar-refractivity contribution >= 4 is 28.6 Å². The van der Waals surface area contributed by atoms with Gasteiger partial charge in [-0.15, -0.1) is 22.7 Å². The lowest BCUT2D eigenvalue weighted by atomic mass is 10.1. The first kappa shape index (κ1) is 12.3. The van der Waals surface area contributed by atoms with E-state index in [4.69, 9.17) is 15.3 Å². The topological polar surface area (TPSA) is 73.9 Å². The van der Waals surface area contributed by atoms with Crippen molar-refractivity contribution in [3.8, 4) is 12.1 Å². The average Bonchev–Trinajstić information content (AvgIpc) is 3.07. The molecule has 2 rings (SSSR count). The summed E-state index contributed by atoms with van der Waals surface area (Å²) in [5.41, 5.74) is -1.87. The van der Waals surface area contributed by atoms with Gasteiger partial charge in [0.05, 0.1) is 4.88 Å². The zero-order valence-corrected chi connectivity index (χ0v) is 10.6. The van der Waals surface area contributed by atoms with E-state index in [1.165, 1.54) is 22.7 Å². The van der Waals surface area contributed by atoms with Gasteiger partial charge in [0.25, 0.3) is 0 Å². The Morgan fingerprint density at radius 3 is 2.33 bits per heavy atom. The van der Waals surface area contributed by atoms with Crippen LogP contribution in [-0.4, -0.2) is 5.97 Å². The Morgan fingerprint density at radius 1 is 1.17 bits per heavy atom. The molecule has 2 aromatic heterocycles. The van der Waals surface area contributed by atoms with Crippen molar-refractivity contribution in [2.24, 2.45) is 0 Å². The van der Waals surface area contributed by atoms with E-state index < -0.39 is 11.6 Å².